The van der Waals surface area contributed by atoms with Crippen LogP contribution in [0.3, 0.4) is 0 Å². The first-order valence-electron chi connectivity index (χ1n) is 4.51. The van der Waals surface area contributed by atoms with Gasteiger partial charge < -0.3 is 16.6 Å². The fourth-order valence-corrected chi connectivity index (χ4v) is 2.02. The van der Waals surface area contributed by atoms with E-state index in [0.717, 1.165) is 24.0 Å². The Hall–Kier alpha value is -1.55. The summed E-state index contributed by atoms with van der Waals surface area (Å²) in [6, 6.07) is 3.32. The predicted molar refractivity (Wildman–Crippen MR) is 53.1 cm³/mol. The van der Waals surface area contributed by atoms with Gasteiger partial charge in [-0.25, -0.2) is 4.79 Å². The van der Waals surface area contributed by atoms with Gasteiger partial charge in [-0.2, -0.15) is 0 Å². The molecule has 1 aliphatic carbocycles. The molecular weight excluding hydrogens is 180 g/mol. The second-order valence-electron chi connectivity index (χ2n) is 3.55. The first-order valence-corrected chi connectivity index (χ1v) is 4.51. The molecule has 0 saturated carbocycles. The molecule has 0 aliphatic heterocycles. The fourth-order valence-electron chi connectivity index (χ4n) is 2.02. The maximum atomic E-state index is 11.0. The highest BCUT2D eigenvalue weighted by Gasteiger charge is 2.26. The van der Waals surface area contributed by atoms with Gasteiger partial charge in [0.15, 0.2) is 0 Å². The average molecular weight is 192 g/mol. The molecule has 0 heterocycles. The Bertz CT molecular complexity index is 401. The van der Waals surface area contributed by atoms with Crippen molar-refractivity contribution < 1.29 is 9.90 Å². The van der Waals surface area contributed by atoms with Crippen molar-refractivity contribution in [2.45, 2.75) is 18.9 Å². The zero-order valence-electron chi connectivity index (χ0n) is 7.66. The summed E-state index contributed by atoms with van der Waals surface area (Å²) in [5, 5.41) is 9.01. The number of benzene rings is 1. The molecule has 14 heavy (non-hydrogen) atoms. The Balaban J connectivity index is 2.68. The smallest absolute Gasteiger partial charge is 0.338 e. The molecule has 1 aromatic rings. The SMILES string of the molecule is Nc1ccc2c(c1C(=O)O)C(N)CC2. The van der Waals surface area contributed by atoms with Crippen LogP contribution in [0.4, 0.5) is 5.69 Å². The van der Waals surface area contributed by atoms with Gasteiger partial charge in [-0.1, -0.05) is 6.07 Å². The van der Waals surface area contributed by atoms with E-state index in [4.69, 9.17) is 16.6 Å². The third-order valence-electron chi connectivity index (χ3n) is 2.68. The van der Waals surface area contributed by atoms with Crippen LogP contribution < -0.4 is 11.5 Å². The lowest BCUT2D eigenvalue weighted by Gasteiger charge is -2.11. The highest BCUT2D eigenvalue weighted by Crippen LogP contribution is 2.34. The Morgan fingerprint density at radius 3 is 2.86 bits per heavy atom. The van der Waals surface area contributed by atoms with Gasteiger partial charge in [-0.3, -0.25) is 0 Å². The van der Waals surface area contributed by atoms with Crippen LogP contribution in [-0.2, 0) is 6.42 Å². The van der Waals surface area contributed by atoms with Crippen molar-refractivity contribution in [1.29, 1.82) is 0 Å². The highest BCUT2D eigenvalue weighted by atomic mass is 16.4. The molecule has 0 amide bonds. The van der Waals surface area contributed by atoms with Gasteiger partial charge in [-0.15, -0.1) is 0 Å². The van der Waals surface area contributed by atoms with E-state index in [1.807, 2.05) is 6.07 Å². The number of rotatable bonds is 1. The Kier molecular flexibility index (Phi) is 1.93. The minimum atomic E-state index is -0.989. The van der Waals surface area contributed by atoms with Gasteiger partial charge >= 0.3 is 5.97 Å². The van der Waals surface area contributed by atoms with Gasteiger partial charge in [0.2, 0.25) is 0 Å². The summed E-state index contributed by atoms with van der Waals surface area (Å²) in [5.74, 6) is -0.989. The Labute approximate surface area is 81.5 Å². The van der Waals surface area contributed by atoms with Gasteiger partial charge in [0.05, 0.1) is 5.56 Å². The average Bonchev–Trinajstić information content (AvgIpc) is 2.47. The lowest BCUT2D eigenvalue weighted by molar-refractivity contribution is 0.0696. The number of hydrogen-bond acceptors (Lipinski definition) is 3. The standard InChI is InChI=1S/C10H12N2O2/c11-6-3-1-5-2-4-7(12)9(8(5)6)10(13)14/h2,4,6H,1,3,11-12H2,(H,13,14). The largest absolute Gasteiger partial charge is 0.478 e. The number of aryl methyl sites for hydroxylation is 1. The Morgan fingerprint density at radius 1 is 1.50 bits per heavy atom. The number of anilines is 1. The van der Waals surface area contributed by atoms with E-state index >= 15 is 0 Å². The fraction of sp³-hybridized carbons (Fsp3) is 0.300. The number of fused-ring (bicyclic) bond motifs is 1. The van der Waals surface area contributed by atoms with E-state index < -0.39 is 5.97 Å². The number of carbonyl (C=O) groups is 1. The van der Waals surface area contributed by atoms with Crippen LogP contribution >= 0.6 is 0 Å². The molecule has 0 aromatic heterocycles. The molecule has 0 bridgehead atoms. The van der Waals surface area contributed by atoms with E-state index in [-0.39, 0.29) is 11.6 Å². The summed E-state index contributed by atoms with van der Waals surface area (Å²) in [7, 11) is 0. The van der Waals surface area contributed by atoms with Crippen molar-refractivity contribution in [3.63, 3.8) is 0 Å². The first-order chi connectivity index (χ1) is 6.61. The molecular formula is C10H12N2O2. The number of carboxylic acids is 1. The first kappa shape index (κ1) is 9.02. The van der Waals surface area contributed by atoms with Crippen LogP contribution in [0.5, 0.6) is 0 Å². The Morgan fingerprint density at radius 2 is 2.21 bits per heavy atom. The zero-order valence-corrected chi connectivity index (χ0v) is 7.66. The minimum absolute atomic E-state index is 0.181. The summed E-state index contributed by atoms with van der Waals surface area (Å²) in [4.78, 5) is 11.0. The van der Waals surface area contributed by atoms with Gasteiger partial charge in [0.1, 0.15) is 0 Å². The van der Waals surface area contributed by atoms with Crippen LogP contribution in [-0.4, -0.2) is 11.1 Å². The molecule has 0 spiro atoms. The lowest BCUT2D eigenvalue weighted by Crippen LogP contribution is -2.13. The molecule has 1 aliphatic rings. The lowest BCUT2D eigenvalue weighted by atomic mass is 9.99. The van der Waals surface area contributed by atoms with E-state index in [0.29, 0.717) is 5.69 Å². The zero-order chi connectivity index (χ0) is 10.3. The molecule has 1 unspecified atom stereocenters. The van der Waals surface area contributed by atoms with Crippen molar-refractivity contribution >= 4 is 11.7 Å². The molecule has 4 nitrogen and oxygen atoms in total. The summed E-state index contributed by atoms with van der Waals surface area (Å²) in [5.41, 5.74) is 13.7. The van der Waals surface area contributed by atoms with Crippen molar-refractivity contribution in [3.8, 4) is 0 Å². The van der Waals surface area contributed by atoms with E-state index in [1.54, 1.807) is 6.07 Å². The van der Waals surface area contributed by atoms with Crippen molar-refractivity contribution in [3.05, 3.63) is 28.8 Å². The van der Waals surface area contributed by atoms with E-state index in [9.17, 15) is 4.79 Å². The van der Waals surface area contributed by atoms with Gasteiger partial charge in [0, 0.05) is 11.7 Å². The van der Waals surface area contributed by atoms with Crippen LogP contribution in [0.15, 0.2) is 12.1 Å². The second-order valence-corrected chi connectivity index (χ2v) is 3.55. The highest BCUT2D eigenvalue weighted by molar-refractivity contribution is 5.96. The normalized spacial score (nSPS) is 19.4. The van der Waals surface area contributed by atoms with Gasteiger partial charge in [-0.05, 0) is 30.0 Å². The van der Waals surface area contributed by atoms with Crippen molar-refractivity contribution in [1.82, 2.24) is 0 Å². The van der Waals surface area contributed by atoms with Crippen LogP contribution in [0, 0.1) is 0 Å². The van der Waals surface area contributed by atoms with E-state index in [1.165, 1.54) is 0 Å². The number of aromatic carboxylic acids is 1. The molecule has 0 fully saturated rings. The third kappa shape index (κ3) is 1.15. The number of hydrogen-bond donors (Lipinski definition) is 3. The van der Waals surface area contributed by atoms with Crippen LogP contribution in [0.25, 0.3) is 0 Å². The molecule has 74 valence electrons. The maximum Gasteiger partial charge on any atom is 0.338 e. The van der Waals surface area contributed by atoms with Crippen molar-refractivity contribution in [2.75, 3.05) is 5.73 Å². The number of nitrogen functional groups attached to an aromatic ring is 1. The summed E-state index contributed by atoms with van der Waals surface area (Å²) in [6.45, 7) is 0. The summed E-state index contributed by atoms with van der Waals surface area (Å²) >= 11 is 0. The molecule has 0 radical (unpaired) electrons. The van der Waals surface area contributed by atoms with Gasteiger partial charge in [0.25, 0.3) is 0 Å². The van der Waals surface area contributed by atoms with Crippen LogP contribution in [0.2, 0.25) is 0 Å². The van der Waals surface area contributed by atoms with E-state index in [2.05, 4.69) is 0 Å². The molecule has 1 aromatic carbocycles. The van der Waals surface area contributed by atoms with Crippen molar-refractivity contribution in [2.24, 2.45) is 5.73 Å². The second kappa shape index (κ2) is 2.99. The summed E-state index contributed by atoms with van der Waals surface area (Å²) in [6.07, 6.45) is 1.65. The molecule has 0 saturated heterocycles. The molecule has 2 rings (SSSR count). The van der Waals surface area contributed by atoms with Crippen LogP contribution in [0.1, 0.15) is 33.9 Å². The topological polar surface area (TPSA) is 89.3 Å². The third-order valence-corrected chi connectivity index (χ3v) is 2.68. The number of nitrogens with two attached hydrogens (primary N) is 2. The minimum Gasteiger partial charge on any atom is -0.478 e. The summed E-state index contributed by atoms with van der Waals surface area (Å²) < 4.78 is 0. The predicted octanol–water partition coefficient (Wildman–Crippen LogP) is 0.913. The maximum absolute atomic E-state index is 11.0. The number of carboxylic acid groups (broad SMARTS) is 1. The molecule has 4 heteroatoms. The molecule has 5 N–H and O–H groups in total. The monoisotopic (exact) mass is 192 g/mol. The quantitative estimate of drug-likeness (QED) is 0.577. The molecule has 1 atom stereocenters.